The minimum Gasteiger partial charge on any atom is -0.270 e. The van der Waals surface area contributed by atoms with Crippen molar-refractivity contribution < 1.29 is 27.5 Å². The highest BCUT2D eigenvalue weighted by atomic mass is 32.2. The van der Waals surface area contributed by atoms with Crippen LogP contribution in [-0.2, 0) is 14.5 Å². The van der Waals surface area contributed by atoms with Gasteiger partial charge in [-0.2, -0.15) is 0 Å². The fourth-order valence-electron chi connectivity index (χ4n) is 2.14. The van der Waals surface area contributed by atoms with Crippen molar-refractivity contribution in [3.63, 3.8) is 0 Å². The Kier molecular flexibility index (Phi) is 5.02. The quantitative estimate of drug-likeness (QED) is 0.607. The lowest BCUT2D eigenvalue weighted by Gasteiger charge is -2.27. The van der Waals surface area contributed by atoms with Crippen LogP contribution in [-0.4, -0.2) is 29.0 Å². The Labute approximate surface area is 135 Å². The van der Waals surface area contributed by atoms with Crippen LogP contribution in [0.4, 0.5) is 18.0 Å². The molecule has 1 aromatic carbocycles. The number of terminal acetylenes is 1. The first-order valence-electron chi connectivity index (χ1n) is 6.61. The number of hydrogen-bond acceptors (Lipinski definition) is 4. The molecule has 0 aromatic heterocycles. The predicted octanol–water partition coefficient (Wildman–Crippen LogP) is 3.48. The molecule has 1 unspecified atom stereocenters. The number of hydrogen-bond donors (Lipinski definition) is 0. The second kappa shape index (κ2) is 6.64. The number of carbonyl (C=O) groups excluding carboxylic acids is 2. The zero-order valence-corrected chi connectivity index (χ0v) is 12.6. The van der Waals surface area contributed by atoms with Crippen molar-refractivity contribution in [2.75, 3.05) is 6.54 Å². The van der Waals surface area contributed by atoms with Crippen molar-refractivity contribution in [2.24, 2.45) is 0 Å². The Balaban J connectivity index is 2.38. The van der Waals surface area contributed by atoms with Crippen LogP contribution in [0.25, 0.3) is 0 Å². The fraction of sp³-hybridized carbons (Fsp3) is 0.333. The van der Waals surface area contributed by atoms with Crippen molar-refractivity contribution in [2.45, 2.75) is 24.1 Å². The van der Waals surface area contributed by atoms with Gasteiger partial charge in [-0.15, -0.1) is 25.5 Å². The lowest BCUT2D eigenvalue weighted by atomic mass is 10.1. The average molecular weight is 343 g/mol. The second-order valence-electron chi connectivity index (χ2n) is 4.66. The number of rotatable bonds is 5. The molecular weight excluding hydrogens is 331 g/mol. The van der Waals surface area contributed by atoms with E-state index in [0.717, 1.165) is 4.90 Å². The Morgan fingerprint density at radius 2 is 1.91 bits per heavy atom. The summed E-state index contributed by atoms with van der Waals surface area (Å²) >= 11 is 0.211. The molecule has 0 saturated carbocycles. The van der Waals surface area contributed by atoms with E-state index in [4.69, 9.17) is 6.42 Å². The summed E-state index contributed by atoms with van der Waals surface area (Å²) in [6.07, 6.45) is 0.634. The molecule has 1 atom stereocenters. The van der Waals surface area contributed by atoms with E-state index in [-0.39, 0.29) is 23.9 Å². The lowest BCUT2D eigenvalue weighted by Crippen LogP contribution is -2.43. The highest BCUT2D eigenvalue weighted by molar-refractivity contribution is 8.15. The topological polar surface area (TPSA) is 46.6 Å². The molecule has 2 amide bonds. The molecule has 0 spiro atoms. The number of halogens is 3. The van der Waals surface area contributed by atoms with Gasteiger partial charge in [-0.1, -0.05) is 30.3 Å². The van der Waals surface area contributed by atoms with Crippen molar-refractivity contribution in [3.8, 4) is 12.3 Å². The fourth-order valence-corrected chi connectivity index (χ4v) is 3.26. The Hall–Kier alpha value is -1.98. The summed E-state index contributed by atoms with van der Waals surface area (Å²) in [5.74, 6) is 1.30. The average Bonchev–Trinajstić information content (AvgIpc) is 2.71. The summed E-state index contributed by atoms with van der Waals surface area (Å²) < 4.78 is 42.6. The Morgan fingerprint density at radius 3 is 2.48 bits per heavy atom. The van der Waals surface area contributed by atoms with Crippen LogP contribution >= 0.6 is 11.8 Å². The second-order valence-corrected chi connectivity index (χ2v) is 5.79. The largest absolute Gasteiger partial charge is 0.524 e. The predicted molar refractivity (Wildman–Crippen MR) is 78.0 cm³/mol. The minimum atomic E-state index is -5.08. The molecule has 4 nitrogen and oxygen atoms in total. The van der Waals surface area contributed by atoms with Gasteiger partial charge >= 0.3 is 6.36 Å². The summed E-state index contributed by atoms with van der Waals surface area (Å²) in [6.45, 7) is -0.0509. The highest BCUT2D eigenvalue weighted by Crippen LogP contribution is 2.49. The third-order valence-electron chi connectivity index (χ3n) is 3.09. The van der Waals surface area contributed by atoms with Crippen molar-refractivity contribution in [1.29, 1.82) is 0 Å². The summed E-state index contributed by atoms with van der Waals surface area (Å²) in [7, 11) is 0. The summed E-state index contributed by atoms with van der Waals surface area (Å²) in [5.41, 5.74) is -0.0416. The van der Waals surface area contributed by atoms with E-state index >= 15 is 0 Å². The van der Waals surface area contributed by atoms with Gasteiger partial charge in [-0.05, 0) is 18.2 Å². The zero-order valence-electron chi connectivity index (χ0n) is 11.8. The van der Waals surface area contributed by atoms with E-state index in [1.54, 1.807) is 6.07 Å². The number of amides is 2. The molecular formula is C15H12F3NO3S. The maximum atomic E-state index is 12.8. The Morgan fingerprint density at radius 1 is 1.26 bits per heavy atom. The number of nitrogens with zero attached hydrogens (tertiary/aromatic N) is 1. The van der Waals surface area contributed by atoms with E-state index in [1.807, 2.05) is 0 Å². The molecule has 23 heavy (non-hydrogen) atoms. The first-order chi connectivity index (χ1) is 10.8. The third-order valence-corrected chi connectivity index (χ3v) is 4.27. The van der Waals surface area contributed by atoms with Crippen molar-refractivity contribution in [3.05, 3.63) is 35.9 Å². The standard InChI is InChI=1S/C15H12F3NO3S/c1-2-3-7-10-19-12(20)14(23-13(19)21,22-15(16,17)18)11-8-5-4-6-9-11/h1,4-6,8-9H,3,7,10H2. The number of benzene rings is 1. The first kappa shape index (κ1) is 17.4. The number of thioether (sulfide) groups is 1. The lowest BCUT2D eigenvalue weighted by molar-refractivity contribution is -0.347. The van der Waals surface area contributed by atoms with E-state index in [0.29, 0.717) is 12.8 Å². The normalized spacial score (nSPS) is 21.6. The van der Waals surface area contributed by atoms with Crippen LogP contribution < -0.4 is 0 Å². The first-order valence-corrected chi connectivity index (χ1v) is 7.42. The smallest absolute Gasteiger partial charge is 0.270 e. The molecule has 2 rings (SSSR count). The number of imide groups is 1. The molecule has 122 valence electrons. The van der Waals surface area contributed by atoms with E-state index in [1.165, 1.54) is 24.3 Å². The third kappa shape index (κ3) is 3.68. The molecule has 1 aliphatic rings. The molecule has 1 saturated heterocycles. The van der Waals surface area contributed by atoms with E-state index < -0.39 is 22.4 Å². The number of alkyl halides is 3. The monoisotopic (exact) mass is 343 g/mol. The molecule has 8 heteroatoms. The van der Waals surface area contributed by atoms with Gasteiger partial charge in [-0.3, -0.25) is 19.2 Å². The van der Waals surface area contributed by atoms with Crippen LogP contribution in [0, 0.1) is 12.3 Å². The van der Waals surface area contributed by atoms with Crippen LogP contribution in [0.5, 0.6) is 0 Å². The van der Waals surface area contributed by atoms with Crippen LogP contribution in [0.2, 0.25) is 0 Å². The minimum absolute atomic E-state index is 0.0416. The van der Waals surface area contributed by atoms with Crippen LogP contribution in [0.15, 0.2) is 30.3 Å². The summed E-state index contributed by atoms with van der Waals surface area (Å²) in [6, 6.07) is 7.15. The number of ether oxygens (including phenoxy) is 1. The molecule has 1 fully saturated rings. The zero-order chi connectivity index (χ0) is 17.1. The van der Waals surface area contributed by atoms with Gasteiger partial charge in [0.05, 0.1) is 0 Å². The number of unbranched alkanes of at least 4 members (excludes halogenated alkanes) is 1. The van der Waals surface area contributed by atoms with E-state index in [9.17, 15) is 22.8 Å². The van der Waals surface area contributed by atoms with Gasteiger partial charge in [0.1, 0.15) is 0 Å². The SMILES string of the molecule is C#CCCCN1C(=O)SC(OC(F)(F)F)(c2ccccc2)C1=O. The van der Waals surface area contributed by atoms with E-state index in [2.05, 4.69) is 10.7 Å². The van der Waals surface area contributed by atoms with Gasteiger partial charge in [-0.25, -0.2) is 0 Å². The van der Waals surface area contributed by atoms with Gasteiger partial charge in [0.25, 0.3) is 11.1 Å². The van der Waals surface area contributed by atoms with Gasteiger partial charge in [0.15, 0.2) is 0 Å². The van der Waals surface area contributed by atoms with Gasteiger partial charge in [0, 0.05) is 18.5 Å². The molecule has 1 heterocycles. The molecule has 0 bridgehead atoms. The highest BCUT2D eigenvalue weighted by Gasteiger charge is 2.60. The van der Waals surface area contributed by atoms with Crippen molar-refractivity contribution in [1.82, 2.24) is 4.90 Å². The Bertz CT molecular complexity index is 642. The summed E-state index contributed by atoms with van der Waals surface area (Å²) in [5, 5.41) is -0.792. The molecule has 0 aliphatic carbocycles. The molecule has 0 radical (unpaired) electrons. The maximum absolute atomic E-state index is 12.8. The maximum Gasteiger partial charge on any atom is 0.524 e. The van der Waals surface area contributed by atoms with Crippen LogP contribution in [0.3, 0.4) is 0 Å². The molecule has 0 N–H and O–H groups in total. The van der Waals surface area contributed by atoms with Gasteiger partial charge in [0.2, 0.25) is 4.93 Å². The number of carbonyl (C=O) groups is 2. The van der Waals surface area contributed by atoms with Crippen molar-refractivity contribution >= 4 is 22.9 Å². The molecule has 1 aliphatic heterocycles. The van der Waals surface area contributed by atoms with Crippen LogP contribution in [0.1, 0.15) is 18.4 Å². The molecule has 1 aromatic rings. The summed E-state index contributed by atoms with van der Waals surface area (Å²) in [4.78, 5) is 22.8. The van der Waals surface area contributed by atoms with Gasteiger partial charge < -0.3 is 0 Å².